The molecule has 2 unspecified atom stereocenters. The fourth-order valence-electron chi connectivity index (χ4n) is 3.04. The normalized spacial score (nSPS) is 22.1. The number of anilines is 1. The molecule has 20 heavy (non-hydrogen) atoms. The number of thiazole rings is 1. The van der Waals surface area contributed by atoms with Gasteiger partial charge in [-0.25, -0.2) is 4.98 Å². The molecule has 2 heterocycles. The summed E-state index contributed by atoms with van der Waals surface area (Å²) in [6.45, 7) is 11.4. The Labute approximate surface area is 127 Å². The molecular weight excluding hydrogens is 266 g/mol. The van der Waals surface area contributed by atoms with E-state index in [1.54, 1.807) is 0 Å². The molecule has 114 valence electrons. The lowest BCUT2D eigenvalue weighted by Crippen LogP contribution is -2.24. The van der Waals surface area contributed by atoms with E-state index in [1.165, 1.54) is 48.1 Å². The van der Waals surface area contributed by atoms with E-state index in [1.807, 2.05) is 18.4 Å². The monoisotopic (exact) mass is 295 g/mol. The molecule has 0 aromatic carbocycles. The molecule has 1 N–H and O–H groups in total. The second-order valence-corrected chi connectivity index (χ2v) is 7.39. The van der Waals surface area contributed by atoms with Crippen molar-refractivity contribution >= 4 is 16.5 Å². The van der Waals surface area contributed by atoms with Gasteiger partial charge in [0.15, 0.2) is 5.13 Å². The first kappa shape index (κ1) is 15.8. The van der Waals surface area contributed by atoms with Gasteiger partial charge in [-0.1, -0.05) is 13.8 Å². The van der Waals surface area contributed by atoms with Gasteiger partial charge in [0.25, 0.3) is 0 Å². The van der Waals surface area contributed by atoms with E-state index in [0.717, 1.165) is 11.8 Å². The second-order valence-electron chi connectivity index (χ2n) is 6.38. The number of aromatic nitrogens is 1. The van der Waals surface area contributed by atoms with Crippen molar-refractivity contribution in [2.45, 2.75) is 53.0 Å². The van der Waals surface area contributed by atoms with Gasteiger partial charge in [0.2, 0.25) is 0 Å². The van der Waals surface area contributed by atoms with Crippen LogP contribution < -0.4 is 10.2 Å². The second kappa shape index (κ2) is 6.90. The third-order valence-corrected chi connectivity index (χ3v) is 6.03. The minimum absolute atomic E-state index is 0.400. The Hall–Kier alpha value is -0.610. The quantitative estimate of drug-likeness (QED) is 0.910. The third-order valence-electron chi connectivity index (χ3n) is 4.63. The molecule has 1 aromatic rings. The van der Waals surface area contributed by atoms with Gasteiger partial charge in [0.05, 0.1) is 5.69 Å². The number of nitrogens with one attached hydrogen (secondary N) is 1. The van der Waals surface area contributed by atoms with Gasteiger partial charge in [-0.05, 0) is 52.0 Å². The zero-order valence-electron chi connectivity index (χ0n) is 13.6. The zero-order chi connectivity index (χ0) is 14.7. The van der Waals surface area contributed by atoms with Crippen molar-refractivity contribution < 1.29 is 0 Å². The molecule has 0 aliphatic carbocycles. The Morgan fingerprint density at radius 2 is 2.00 bits per heavy atom. The van der Waals surface area contributed by atoms with Crippen molar-refractivity contribution in [1.29, 1.82) is 0 Å². The maximum Gasteiger partial charge on any atom is 0.185 e. The van der Waals surface area contributed by atoms with Crippen molar-refractivity contribution in [3.63, 3.8) is 0 Å². The van der Waals surface area contributed by atoms with Crippen LogP contribution in [-0.2, 0) is 0 Å². The highest BCUT2D eigenvalue weighted by molar-refractivity contribution is 7.15. The minimum atomic E-state index is 0.400. The van der Waals surface area contributed by atoms with Crippen LogP contribution in [0.1, 0.15) is 56.6 Å². The highest BCUT2D eigenvalue weighted by Gasteiger charge is 2.22. The predicted octanol–water partition coefficient (Wildman–Crippen LogP) is 3.99. The van der Waals surface area contributed by atoms with Gasteiger partial charge in [0, 0.05) is 24.0 Å². The first-order chi connectivity index (χ1) is 9.52. The Morgan fingerprint density at radius 3 is 2.65 bits per heavy atom. The smallest absolute Gasteiger partial charge is 0.185 e. The van der Waals surface area contributed by atoms with Gasteiger partial charge in [-0.15, -0.1) is 11.3 Å². The lowest BCUT2D eigenvalue weighted by Gasteiger charge is -2.20. The summed E-state index contributed by atoms with van der Waals surface area (Å²) in [6, 6.07) is 0.400. The molecule has 1 aliphatic heterocycles. The molecule has 2 atom stereocenters. The molecule has 1 aromatic heterocycles. The van der Waals surface area contributed by atoms with Crippen LogP contribution in [0.2, 0.25) is 0 Å². The fraction of sp³-hybridized carbons (Fsp3) is 0.812. The van der Waals surface area contributed by atoms with E-state index in [9.17, 15) is 0 Å². The van der Waals surface area contributed by atoms with Crippen LogP contribution in [0.25, 0.3) is 0 Å². The van der Waals surface area contributed by atoms with Crippen molar-refractivity contribution in [2.24, 2.45) is 11.8 Å². The SMILES string of the molecule is CNC(C)c1sc(N2CCCC(C(C)C)CC2)nc1C. The summed E-state index contributed by atoms with van der Waals surface area (Å²) < 4.78 is 0. The van der Waals surface area contributed by atoms with E-state index in [4.69, 9.17) is 4.98 Å². The van der Waals surface area contributed by atoms with Crippen LogP contribution in [-0.4, -0.2) is 25.1 Å². The first-order valence-corrected chi connectivity index (χ1v) is 8.74. The topological polar surface area (TPSA) is 28.2 Å². The van der Waals surface area contributed by atoms with Gasteiger partial charge in [-0.3, -0.25) is 0 Å². The summed E-state index contributed by atoms with van der Waals surface area (Å²) >= 11 is 1.87. The van der Waals surface area contributed by atoms with Gasteiger partial charge in [0.1, 0.15) is 0 Å². The van der Waals surface area contributed by atoms with E-state index in [-0.39, 0.29) is 0 Å². The van der Waals surface area contributed by atoms with Crippen molar-refractivity contribution in [3.8, 4) is 0 Å². The van der Waals surface area contributed by atoms with Gasteiger partial charge < -0.3 is 10.2 Å². The third kappa shape index (κ3) is 3.53. The van der Waals surface area contributed by atoms with Crippen LogP contribution in [0.3, 0.4) is 0 Å². The molecule has 3 nitrogen and oxygen atoms in total. The number of hydrogen-bond donors (Lipinski definition) is 1. The standard InChI is InChI=1S/C16H29N3S/c1-11(2)14-7-6-9-19(10-8-14)16-18-13(4)15(20-16)12(3)17-5/h11-12,14,17H,6-10H2,1-5H3. The molecular formula is C16H29N3S. The van der Waals surface area contributed by atoms with E-state index >= 15 is 0 Å². The molecule has 1 aliphatic rings. The summed E-state index contributed by atoms with van der Waals surface area (Å²) in [5.41, 5.74) is 1.19. The predicted molar refractivity (Wildman–Crippen MR) is 88.7 cm³/mol. The lowest BCUT2D eigenvalue weighted by molar-refractivity contribution is 0.351. The summed E-state index contributed by atoms with van der Waals surface area (Å²) in [5, 5.41) is 4.55. The molecule has 0 spiro atoms. The molecule has 1 saturated heterocycles. The molecule has 0 saturated carbocycles. The number of nitrogens with zero attached hydrogens (tertiary/aromatic N) is 2. The first-order valence-electron chi connectivity index (χ1n) is 7.92. The molecule has 0 amide bonds. The van der Waals surface area contributed by atoms with E-state index < -0.39 is 0 Å². The fourth-order valence-corrected chi connectivity index (χ4v) is 4.22. The highest BCUT2D eigenvalue weighted by Crippen LogP contribution is 2.33. The highest BCUT2D eigenvalue weighted by atomic mass is 32.1. The maximum atomic E-state index is 4.82. The Kier molecular flexibility index (Phi) is 5.44. The van der Waals surface area contributed by atoms with E-state index in [2.05, 4.69) is 37.9 Å². The summed E-state index contributed by atoms with van der Waals surface area (Å²) in [4.78, 5) is 8.71. The number of aryl methyl sites for hydroxylation is 1. The van der Waals surface area contributed by atoms with Crippen LogP contribution in [0.5, 0.6) is 0 Å². The Morgan fingerprint density at radius 1 is 1.25 bits per heavy atom. The number of rotatable bonds is 4. The largest absolute Gasteiger partial charge is 0.348 e. The molecule has 1 fully saturated rings. The van der Waals surface area contributed by atoms with Crippen molar-refractivity contribution in [2.75, 3.05) is 25.0 Å². The van der Waals surface area contributed by atoms with Crippen molar-refractivity contribution in [1.82, 2.24) is 10.3 Å². The average Bonchev–Trinajstić information content (AvgIpc) is 2.65. The maximum absolute atomic E-state index is 4.82. The molecule has 2 rings (SSSR count). The Balaban J connectivity index is 2.08. The van der Waals surface area contributed by atoms with Gasteiger partial charge >= 0.3 is 0 Å². The summed E-state index contributed by atoms with van der Waals surface area (Å²) in [6.07, 6.45) is 3.99. The summed E-state index contributed by atoms with van der Waals surface area (Å²) in [7, 11) is 2.02. The minimum Gasteiger partial charge on any atom is -0.348 e. The molecule has 0 radical (unpaired) electrons. The lowest BCUT2D eigenvalue weighted by atomic mass is 9.89. The zero-order valence-corrected chi connectivity index (χ0v) is 14.4. The number of hydrogen-bond acceptors (Lipinski definition) is 4. The Bertz CT molecular complexity index is 427. The van der Waals surface area contributed by atoms with Crippen LogP contribution in [0, 0.1) is 18.8 Å². The molecule has 0 bridgehead atoms. The summed E-state index contributed by atoms with van der Waals surface area (Å²) in [5.74, 6) is 1.70. The average molecular weight is 295 g/mol. The van der Waals surface area contributed by atoms with E-state index in [0.29, 0.717) is 6.04 Å². The van der Waals surface area contributed by atoms with Crippen LogP contribution >= 0.6 is 11.3 Å². The molecule has 4 heteroatoms. The van der Waals surface area contributed by atoms with Crippen molar-refractivity contribution in [3.05, 3.63) is 10.6 Å². The van der Waals surface area contributed by atoms with Crippen LogP contribution in [0.4, 0.5) is 5.13 Å². The van der Waals surface area contributed by atoms with Gasteiger partial charge in [-0.2, -0.15) is 0 Å². The van der Waals surface area contributed by atoms with Crippen LogP contribution in [0.15, 0.2) is 0 Å².